The lowest BCUT2D eigenvalue weighted by atomic mass is 10.0. The molecule has 7 nitrogen and oxygen atoms in total. The van der Waals surface area contributed by atoms with Gasteiger partial charge in [-0.1, -0.05) is 78.5 Å². The maximum Gasteiger partial charge on any atom is 0.243 e. The van der Waals surface area contributed by atoms with Gasteiger partial charge in [-0.3, -0.25) is 13.9 Å². The van der Waals surface area contributed by atoms with Crippen molar-refractivity contribution < 1.29 is 18.0 Å². The van der Waals surface area contributed by atoms with Crippen molar-refractivity contribution in [1.82, 2.24) is 10.2 Å². The lowest BCUT2D eigenvalue weighted by Crippen LogP contribution is -2.52. The Bertz CT molecular complexity index is 1430. The van der Waals surface area contributed by atoms with Gasteiger partial charge in [0.25, 0.3) is 0 Å². The summed E-state index contributed by atoms with van der Waals surface area (Å²) in [5.41, 5.74) is 2.27. The molecule has 0 spiro atoms. The molecule has 0 radical (unpaired) electrons. The van der Waals surface area contributed by atoms with Crippen LogP contribution in [0.25, 0.3) is 0 Å². The van der Waals surface area contributed by atoms with Gasteiger partial charge in [0.2, 0.25) is 21.8 Å². The molecular formula is C32H37Cl2N3O4S. The Hall–Kier alpha value is -3.07. The summed E-state index contributed by atoms with van der Waals surface area (Å²) in [4.78, 5) is 29.4. The first kappa shape index (κ1) is 31.9. The minimum Gasteiger partial charge on any atom is -0.352 e. The van der Waals surface area contributed by atoms with E-state index in [1.807, 2.05) is 42.5 Å². The summed E-state index contributed by atoms with van der Waals surface area (Å²) >= 11 is 12.1. The van der Waals surface area contributed by atoms with E-state index in [-0.39, 0.29) is 43.8 Å². The standard InChI is InChI=1S/C32H37Cl2N3O4S/c1-42(40,41)37(29-19-17-27(34)18-20-29)21-7-12-31(38)36(23-25-13-15-26(33)16-14-25)30(22-24-8-3-2-4-9-24)32(39)35-28-10-5-6-11-28/h2-4,8-9,13-20,28,30H,5-7,10-12,21-23H2,1H3,(H,35,39)/t30-/m1/s1. The summed E-state index contributed by atoms with van der Waals surface area (Å²) in [7, 11) is -3.60. The molecule has 1 fully saturated rings. The fraction of sp³-hybridized carbons (Fsp3) is 0.375. The number of nitrogens with zero attached hydrogens (tertiary/aromatic N) is 2. The third-order valence-corrected chi connectivity index (χ3v) is 9.20. The second-order valence-electron chi connectivity index (χ2n) is 10.8. The summed E-state index contributed by atoms with van der Waals surface area (Å²) in [6.45, 7) is 0.331. The molecule has 0 saturated heterocycles. The second kappa shape index (κ2) is 14.9. The van der Waals surface area contributed by atoms with Crippen molar-refractivity contribution in [3.8, 4) is 0 Å². The van der Waals surface area contributed by atoms with Gasteiger partial charge in [0.1, 0.15) is 6.04 Å². The minimum absolute atomic E-state index is 0.0647. The van der Waals surface area contributed by atoms with Crippen molar-refractivity contribution in [2.45, 2.75) is 63.6 Å². The van der Waals surface area contributed by atoms with Crippen molar-refractivity contribution in [3.63, 3.8) is 0 Å². The van der Waals surface area contributed by atoms with Crippen molar-refractivity contribution in [2.75, 3.05) is 17.1 Å². The second-order valence-corrected chi connectivity index (χ2v) is 13.5. The first-order valence-corrected chi connectivity index (χ1v) is 16.8. The zero-order chi connectivity index (χ0) is 30.1. The molecule has 4 rings (SSSR count). The molecule has 0 heterocycles. The van der Waals surface area contributed by atoms with E-state index in [9.17, 15) is 18.0 Å². The number of sulfonamides is 1. The highest BCUT2D eigenvalue weighted by atomic mass is 35.5. The van der Waals surface area contributed by atoms with Crippen LogP contribution in [0.15, 0.2) is 78.9 Å². The molecule has 224 valence electrons. The number of rotatable bonds is 13. The number of hydrogen-bond acceptors (Lipinski definition) is 4. The minimum atomic E-state index is -3.60. The third kappa shape index (κ3) is 9.21. The van der Waals surface area contributed by atoms with Gasteiger partial charge >= 0.3 is 0 Å². The fourth-order valence-electron chi connectivity index (χ4n) is 5.32. The van der Waals surface area contributed by atoms with Crippen LogP contribution in [-0.2, 0) is 32.6 Å². The first-order valence-electron chi connectivity index (χ1n) is 14.2. The molecule has 0 unspecified atom stereocenters. The molecule has 1 aliphatic rings. The van der Waals surface area contributed by atoms with Gasteiger partial charge in [-0.15, -0.1) is 0 Å². The average Bonchev–Trinajstić information content (AvgIpc) is 3.47. The van der Waals surface area contributed by atoms with Crippen LogP contribution >= 0.6 is 23.2 Å². The van der Waals surface area contributed by atoms with Gasteiger partial charge in [0, 0.05) is 42.0 Å². The number of benzene rings is 3. The number of carbonyl (C=O) groups is 2. The van der Waals surface area contributed by atoms with Crippen molar-refractivity contribution >= 4 is 50.7 Å². The van der Waals surface area contributed by atoms with Crippen LogP contribution < -0.4 is 9.62 Å². The van der Waals surface area contributed by atoms with Gasteiger partial charge in [-0.2, -0.15) is 0 Å². The lowest BCUT2D eigenvalue weighted by molar-refractivity contribution is -0.141. The van der Waals surface area contributed by atoms with E-state index in [0.717, 1.165) is 43.1 Å². The molecule has 0 aromatic heterocycles. The maximum atomic E-state index is 13.9. The molecule has 1 N–H and O–H groups in total. The molecule has 1 aliphatic carbocycles. The van der Waals surface area contributed by atoms with Crippen LogP contribution in [0.1, 0.15) is 49.7 Å². The number of amides is 2. The van der Waals surface area contributed by atoms with Crippen LogP contribution in [0.2, 0.25) is 10.0 Å². The van der Waals surface area contributed by atoms with Crippen molar-refractivity contribution in [2.24, 2.45) is 0 Å². The van der Waals surface area contributed by atoms with E-state index < -0.39 is 16.1 Å². The predicted octanol–water partition coefficient (Wildman–Crippen LogP) is 6.24. The van der Waals surface area contributed by atoms with Gasteiger partial charge in [0.15, 0.2) is 0 Å². The highest BCUT2D eigenvalue weighted by molar-refractivity contribution is 7.92. The van der Waals surface area contributed by atoms with Crippen molar-refractivity contribution in [3.05, 3.63) is 100 Å². The quantitative estimate of drug-likeness (QED) is 0.242. The molecular weight excluding hydrogens is 593 g/mol. The first-order chi connectivity index (χ1) is 20.1. The SMILES string of the molecule is CS(=O)(=O)N(CCCC(=O)N(Cc1ccc(Cl)cc1)[C@H](Cc1ccccc1)C(=O)NC1CCCC1)c1ccc(Cl)cc1. The fourth-order valence-corrected chi connectivity index (χ4v) is 6.54. The monoisotopic (exact) mass is 629 g/mol. The van der Waals surface area contributed by atoms with Crippen LogP contribution in [-0.4, -0.2) is 50.0 Å². The Morgan fingerprint density at radius 2 is 1.48 bits per heavy atom. The molecule has 2 amide bonds. The third-order valence-electron chi connectivity index (χ3n) is 7.51. The number of carbonyl (C=O) groups excluding carboxylic acids is 2. The summed E-state index contributed by atoms with van der Waals surface area (Å²) < 4.78 is 26.5. The Morgan fingerprint density at radius 1 is 0.881 bits per heavy atom. The summed E-state index contributed by atoms with van der Waals surface area (Å²) in [6, 6.07) is 22.8. The van der Waals surface area contributed by atoms with Gasteiger partial charge in [0.05, 0.1) is 11.9 Å². The average molecular weight is 631 g/mol. The van der Waals surface area contributed by atoms with Gasteiger partial charge < -0.3 is 10.2 Å². The molecule has 3 aromatic carbocycles. The van der Waals surface area contributed by atoms with Crippen LogP contribution in [0.4, 0.5) is 5.69 Å². The zero-order valence-corrected chi connectivity index (χ0v) is 26.0. The van der Waals surface area contributed by atoms with E-state index >= 15 is 0 Å². The lowest BCUT2D eigenvalue weighted by Gasteiger charge is -2.33. The van der Waals surface area contributed by atoms with Crippen LogP contribution in [0.5, 0.6) is 0 Å². The number of hydrogen-bond donors (Lipinski definition) is 1. The molecule has 10 heteroatoms. The molecule has 0 aliphatic heterocycles. The molecule has 42 heavy (non-hydrogen) atoms. The molecule has 0 bridgehead atoms. The van der Waals surface area contributed by atoms with E-state index in [2.05, 4.69) is 5.32 Å². The Kier molecular flexibility index (Phi) is 11.3. The van der Waals surface area contributed by atoms with Crippen LogP contribution in [0, 0.1) is 0 Å². The zero-order valence-electron chi connectivity index (χ0n) is 23.7. The van der Waals surface area contributed by atoms with Gasteiger partial charge in [-0.25, -0.2) is 8.42 Å². The maximum absolute atomic E-state index is 13.9. The van der Waals surface area contributed by atoms with Crippen molar-refractivity contribution in [1.29, 1.82) is 0 Å². The van der Waals surface area contributed by atoms with Crippen LogP contribution in [0.3, 0.4) is 0 Å². The molecule has 1 saturated carbocycles. The van der Waals surface area contributed by atoms with Gasteiger partial charge in [-0.05, 0) is 66.8 Å². The summed E-state index contributed by atoms with van der Waals surface area (Å²) in [6.07, 6.45) is 5.85. The number of nitrogens with one attached hydrogen (secondary N) is 1. The van der Waals surface area contributed by atoms with E-state index in [0.29, 0.717) is 22.2 Å². The molecule has 3 aromatic rings. The number of halogens is 2. The Labute approximate surface area is 258 Å². The smallest absolute Gasteiger partial charge is 0.243 e. The van der Waals surface area contributed by atoms with E-state index in [1.165, 1.54) is 4.31 Å². The largest absolute Gasteiger partial charge is 0.352 e. The predicted molar refractivity (Wildman–Crippen MR) is 169 cm³/mol. The highest BCUT2D eigenvalue weighted by Crippen LogP contribution is 2.23. The normalized spacial score (nSPS) is 14.4. The van der Waals surface area contributed by atoms with E-state index in [4.69, 9.17) is 23.2 Å². The highest BCUT2D eigenvalue weighted by Gasteiger charge is 2.32. The Morgan fingerprint density at radius 3 is 2.07 bits per heavy atom. The topological polar surface area (TPSA) is 86.8 Å². The van der Waals surface area contributed by atoms with E-state index in [1.54, 1.807) is 41.3 Å². The molecule has 1 atom stereocenters. The summed E-state index contributed by atoms with van der Waals surface area (Å²) in [5, 5.41) is 4.28. The summed E-state index contributed by atoms with van der Waals surface area (Å²) in [5.74, 6) is -0.399. The Balaban J connectivity index is 1.57. The number of anilines is 1.